The standard InChI is InChI=1S/C32H34N2O6/c1-6-39-26-14-13-23(16-25(26)19(2)3)29(35)27-28(24-8-7-15-33-17-24)34(31(37)30(27)36)18-21-9-11-22(12-10-21)32(38)40-20(4)5/h7-17,19-20,28,35H,6,18H2,1-5H3/b29-27-. The fourth-order valence-electron chi connectivity index (χ4n) is 4.74. The number of pyridine rings is 1. The third-order valence-corrected chi connectivity index (χ3v) is 6.63. The molecule has 8 heteroatoms. The highest BCUT2D eigenvalue weighted by Crippen LogP contribution is 2.41. The number of carbonyl (C=O) groups is 3. The van der Waals surface area contributed by atoms with Crippen molar-refractivity contribution in [2.24, 2.45) is 0 Å². The van der Waals surface area contributed by atoms with Crippen molar-refractivity contribution in [3.05, 3.63) is 100 Å². The summed E-state index contributed by atoms with van der Waals surface area (Å²) in [6, 6.07) is 14.6. The van der Waals surface area contributed by atoms with Gasteiger partial charge in [-0.3, -0.25) is 14.6 Å². The summed E-state index contributed by atoms with van der Waals surface area (Å²) in [6.07, 6.45) is 2.94. The van der Waals surface area contributed by atoms with Crippen LogP contribution in [0.1, 0.15) is 79.2 Å². The van der Waals surface area contributed by atoms with E-state index in [0.717, 1.165) is 5.56 Å². The molecule has 1 aliphatic rings. The first kappa shape index (κ1) is 28.5. The molecule has 1 atom stereocenters. The molecule has 1 N–H and O–H groups in total. The number of aromatic nitrogens is 1. The summed E-state index contributed by atoms with van der Waals surface area (Å²) in [5.41, 5.74) is 2.99. The van der Waals surface area contributed by atoms with Crippen molar-refractivity contribution in [3.8, 4) is 5.75 Å². The van der Waals surface area contributed by atoms with Crippen LogP contribution in [0.3, 0.4) is 0 Å². The number of aliphatic hydroxyl groups excluding tert-OH is 1. The minimum atomic E-state index is -0.853. The number of aliphatic hydroxyl groups is 1. The Labute approximate surface area is 234 Å². The monoisotopic (exact) mass is 542 g/mol. The van der Waals surface area contributed by atoms with Crippen LogP contribution in [0.4, 0.5) is 0 Å². The Morgan fingerprint density at radius 1 is 1.02 bits per heavy atom. The molecule has 3 aromatic rings. The number of esters is 1. The summed E-state index contributed by atoms with van der Waals surface area (Å²) >= 11 is 0. The van der Waals surface area contributed by atoms with Gasteiger partial charge in [-0.15, -0.1) is 0 Å². The summed E-state index contributed by atoms with van der Waals surface area (Å²) in [4.78, 5) is 44.6. The Morgan fingerprint density at radius 2 is 1.73 bits per heavy atom. The van der Waals surface area contributed by atoms with Crippen LogP contribution in [-0.4, -0.2) is 45.4 Å². The van der Waals surface area contributed by atoms with Crippen LogP contribution >= 0.6 is 0 Å². The van der Waals surface area contributed by atoms with E-state index in [4.69, 9.17) is 9.47 Å². The van der Waals surface area contributed by atoms with Crippen molar-refractivity contribution in [3.63, 3.8) is 0 Å². The molecule has 1 saturated heterocycles. The highest BCUT2D eigenvalue weighted by molar-refractivity contribution is 6.46. The molecule has 0 bridgehead atoms. The van der Waals surface area contributed by atoms with Gasteiger partial charge in [-0.25, -0.2) is 4.79 Å². The Morgan fingerprint density at radius 3 is 2.33 bits per heavy atom. The highest BCUT2D eigenvalue weighted by Gasteiger charge is 2.46. The molecule has 0 aliphatic carbocycles. The third kappa shape index (κ3) is 5.91. The maximum Gasteiger partial charge on any atom is 0.338 e. The van der Waals surface area contributed by atoms with Crippen molar-refractivity contribution < 1.29 is 29.0 Å². The lowest BCUT2D eigenvalue weighted by Gasteiger charge is -2.25. The van der Waals surface area contributed by atoms with Gasteiger partial charge in [0, 0.05) is 24.5 Å². The highest BCUT2D eigenvalue weighted by atomic mass is 16.5. The summed E-state index contributed by atoms with van der Waals surface area (Å²) in [6.45, 7) is 10.1. The van der Waals surface area contributed by atoms with Gasteiger partial charge in [0.05, 0.1) is 29.9 Å². The van der Waals surface area contributed by atoms with Crippen molar-refractivity contribution in [1.29, 1.82) is 0 Å². The van der Waals surface area contributed by atoms with E-state index in [2.05, 4.69) is 4.98 Å². The molecule has 2 heterocycles. The molecule has 208 valence electrons. The fourth-order valence-corrected chi connectivity index (χ4v) is 4.74. The van der Waals surface area contributed by atoms with E-state index in [1.165, 1.54) is 4.90 Å². The van der Waals surface area contributed by atoms with Crippen LogP contribution in [0.5, 0.6) is 5.75 Å². The fraction of sp³-hybridized carbons (Fsp3) is 0.312. The number of ketones is 1. The molecule has 0 saturated carbocycles. The normalized spacial score (nSPS) is 16.6. The van der Waals surface area contributed by atoms with Crippen LogP contribution in [-0.2, 0) is 20.9 Å². The van der Waals surface area contributed by atoms with E-state index in [-0.39, 0.29) is 29.9 Å². The van der Waals surface area contributed by atoms with E-state index >= 15 is 0 Å². The van der Waals surface area contributed by atoms with Crippen molar-refractivity contribution in [2.45, 2.75) is 59.2 Å². The Hall–Kier alpha value is -4.46. The zero-order valence-electron chi connectivity index (χ0n) is 23.4. The van der Waals surface area contributed by atoms with Crippen LogP contribution in [0.15, 0.2) is 72.6 Å². The van der Waals surface area contributed by atoms with E-state index in [9.17, 15) is 19.5 Å². The molecule has 0 radical (unpaired) electrons. The zero-order chi connectivity index (χ0) is 29.0. The van der Waals surface area contributed by atoms with Crippen LogP contribution in [0, 0.1) is 0 Å². The lowest BCUT2D eigenvalue weighted by Crippen LogP contribution is -2.29. The van der Waals surface area contributed by atoms with Gasteiger partial charge in [-0.2, -0.15) is 0 Å². The van der Waals surface area contributed by atoms with Gasteiger partial charge in [0.1, 0.15) is 11.5 Å². The first-order valence-corrected chi connectivity index (χ1v) is 13.4. The van der Waals surface area contributed by atoms with Crippen molar-refractivity contribution in [2.75, 3.05) is 6.61 Å². The first-order valence-electron chi connectivity index (χ1n) is 13.4. The smallest absolute Gasteiger partial charge is 0.338 e. The maximum absolute atomic E-state index is 13.4. The Bertz CT molecular complexity index is 1430. The molecule has 1 unspecified atom stereocenters. The molecule has 1 amide bonds. The maximum atomic E-state index is 13.4. The average molecular weight is 543 g/mol. The Kier molecular flexibility index (Phi) is 8.67. The van der Waals surface area contributed by atoms with Gasteiger partial charge in [0.15, 0.2) is 0 Å². The molecule has 2 aromatic carbocycles. The number of rotatable bonds is 9. The van der Waals surface area contributed by atoms with Gasteiger partial charge in [0.2, 0.25) is 0 Å². The first-order chi connectivity index (χ1) is 19.1. The number of amides is 1. The number of likely N-dealkylation sites (tertiary alicyclic amines) is 1. The number of Topliss-reactive ketones (excluding diaryl/α,β-unsaturated/α-hetero) is 1. The minimum absolute atomic E-state index is 0.00556. The molecule has 4 rings (SSSR count). The average Bonchev–Trinajstić information content (AvgIpc) is 3.18. The van der Waals surface area contributed by atoms with E-state index in [1.807, 2.05) is 20.8 Å². The van der Waals surface area contributed by atoms with Crippen molar-refractivity contribution >= 4 is 23.4 Å². The van der Waals surface area contributed by atoms with Gasteiger partial charge >= 0.3 is 5.97 Å². The lowest BCUT2D eigenvalue weighted by molar-refractivity contribution is -0.140. The molecule has 8 nitrogen and oxygen atoms in total. The predicted octanol–water partition coefficient (Wildman–Crippen LogP) is 5.79. The lowest BCUT2D eigenvalue weighted by atomic mass is 9.93. The van der Waals surface area contributed by atoms with E-state index in [0.29, 0.717) is 34.6 Å². The number of ether oxygens (including phenoxy) is 2. The summed E-state index contributed by atoms with van der Waals surface area (Å²) in [5.74, 6) is -1.39. The largest absolute Gasteiger partial charge is 0.507 e. The number of hydrogen-bond donors (Lipinski definition) is 1. The molecular weight excluding hydrogens is 508 g/mol. The second-order valence-electron chi connectivity index (χ2n) is 10.2. The van der Waals surface area contributed by atoms with Crippen molar-refractivity contribution in [1.82, 2.24) is 9.88 Å². The second kappa shape index (κ2) is 12.2. The van der Waals surface area contributed by atoms with E-state index < -0.39 is 23.7 Å². The topological polar surface area (TPSA) is 106 Å². The summed E-state index contributed by atoms with van der Waals surface area (Å²) in [5, 5.41) is 11.5. The third-order valence-electron chi connectivity index (χ3n) is 6.63. The minimum Gasteiger partial charge on any atom is -0.507 e. The second-order valence-corrected chi connectivity index (χ2v) is 10.2. The molecule has 40 heavy (non-hydrogen) atoms. The number of benzene rings is 2. The Balaban J connectivity index is 1.75. The molecule has 1 fully saturated rings. The van der Waals surface area contributed by atoms with Gasteiger partial charge in [-0.05, 0) is 79.8 Å². The SMILES string of the molecule is CCOc1ccc(/C(O)=C2/C(=O)C(=O)N(Cc3ccc(C(=O)OC(C)C)cc3)C2c2cccnc2)cc1C(C)C. The zero-order valence-corrected chi connectivity index (χ0v) is 23.4. The predicted molar refractivity (Wildman–Crippen MR) is 151 cm³/mol. The number of carbonyl (C=O) groups excluding carboxylic acids is 3. The quantitative estimate of drug-likeness (QED) is 0.158. The van der Waals surface area contributed by atoms with Gasteiger partial charge < -0.3 is 19.5 Å². The van der Waals surface area contributed by atoms with Crippen LogP contribution in [0.2, 0.25) is 0 Å². The number of nitrogens with zero attached hydrogens (tertiary/aromatic N) is 2. The van der Waals surface area contributed by atoms with E-state index in [1.54, 1.807) is 80.8 Å². The molecule has 0 spiro atoms. The van der Waals surface area contributed by atoms with Crippen LogP contribution in [0.25, 0.3) is 5.76 Å². The van der Waals surface area contributed by atoms with Gasteiger partial charge in [0.25, 0.3) is 11.7 Å². The van der Waals surface area contributed by atoms with Crippen LogP contribution < -0.4 is 4.74 Å². The van der Waals surface area contributed by atoms with Gasteiger partial charge in [-0.1, -0.05) is 32.0 Å². The summed E-state index contributed by atoms with van der Waals surface area (Å²) < 4.78 is 11.0. The molecule has 1 aliphatic heterocycles. The summed E-state index contributed by atoms with van der Waals surface area (Å²) in [7, 11) is 0. The number of hydrogen-bond acceptors (Lipinski definition) is 7. The molecule has 1 aromatic heterocycles. The molecular formula is C32H34N2O6.